The summed E-state index contributed by atoms with van der Waals surface area (Å²) in [6, 6.07) is 1.65. The summed E-state index contributed by atoms with van der Waals surface area (Å²) in [5.41, 5.74) is -0.250. The van der Waals surface area contributed by atoms with Gasteiger partial charge in [0.05, 0.1) is 0 Å². The van der Waals surface area contributed by atoms with Crippen molar-refractivity contribution in [1.82, 2.24) is 34.3 Å². The fraction of sp³-hybridized carbons (Fsp3) is 0.222. The summed E-state index contributed by atoms with van der Waals surface area (Å²) in [6.07, 6.45) is 1.39. The molecule has 0 aliphatic heterocycles. The van der Waals surface area contributed by atoms with E-state index in [4.69, 9.17) is 11.6 Å². The van der Waals surface area contributed by atoms with E-state index in [1.165, 1.54) is 27.2 Å². The first kappa shape index (κ1) is 12.2. The molecule has 0 saturated heterocycles. The van der Waals surface area contributed by atoms with E-state index in [0.717, 1.165) is 0 Å². The number of fused-ring (bicyclic) bond motifs is 1. The number of aromatic nitrogens is 7. The van der Waals surface area contributed by atoms with Crippen LogP contribution in [0.3, 0.4) is 0 Å². The monoisotopic (exact) mass is 297 g/mol. The number of H-pyrrole nitrogens is 1. The third-order valence-electron chi connectivity index (χ3n) is 2.42. The first-order valence-electron chi connectivity index (χ1n) is 5.38. The molecule has 0 amide bonds. The zero-order chi connectivity index (χ0) is 13.4. The zero-order valence-electron chi connectivity index (χ0n) is 9.74. The average molecular weight is 298 g/mol. The Morgan fingerprint density at radius 2 is 2.37 bits per heavy atom. The lowest BCUT2D eigenvalue weighted by atomic mass is 10.7. The highest BCUT2D eigenvalue weighted by atomic mass is 35.5. The van der Waals surface area contributed by atoms with Crippen LogP contribution >= 0.6 is 23.4 Å². The lowest BCUT2D eigenvalue weighted by Gasteiger charge is -2.04. The van der Waals surface area contributed by atoms with Gasteiger partial charge in [-0.25, -0.2) is 9.89 Å². The van der Waals surface area contributed by atoms with Crippen LogP contribution < -0.4 is 5.69 Å². The van der Waals surface area contributed by atoms with Gasteiger partial charge < -0.3 is 0 Å². The van der Waals surface area contributed by atoms with Gasteiger partial charge in [0.2, 0.25) is 0 Å². The van der Waals surface area contributed by atoms with Crippen LogP contribution in [-0.4, -0.2) is 34.3 Å². The van der Waals surface area contributed by atoms with E-state index < -0.39 is 0 Å². The van der Waals surface area contributed by atoms with E-state index in [1.807, 2.05) is 6.92 Å². The molecule has 3 aromatic heterocycles. The molecule has 19 heavy (non-hydrogen) atoms. The van der Waals surface area contributed by atoms with E-state index in [2.05, 4.69) is 25.3 Å². The van der Waals surface area contributed by atoms with Gasteiger partial charge in [0, 0.05) is 12.6 Å². The molecule has 0 radical (unpaired) electrons. The molecule has 0 aliphatic rings. The highest BCUT2D eigenvalue weighted by molar-refractivity contribution is 7.99. The Hall–Kier alpha value is -1.87. The summed E-state index contributed by atoms with van der Waals surface area (Å²) < 4.78 is 3.05. The van der Waals surface area contributed by atoms with Gasteiger partial charge in [-0.3, -0.25) is 4.57 Å². The third-order valence-corrected chi connectivity index (χ3v) is 3.61. The van der Waals surface area contributed by atoms with Crippen LogP contribution in [-0.2, 0) is 6.54 Å². The third kappa shape index (κ3) is 2.10. The van der Waals surface area contributed by atoms with Gasteiger partial charge >= 0.3 is 5.69 Å². The first-order chi connectivity index (χ1) is 9.19. The van der Waals surface area contributed by atoms with Crippen LogP contribution in [0.4, 0.5) is 0 Å². The number of nitrogens with one attached hydrogen (secondary N) is 1. The van der Waals surface area contributed by atoms with Crippen LogP contribution in [0.1, 0.15) is 6.92 Å². The van der Waals surface area contributed by atoms with Crippen molar-refractivity contribution in [2.24, 2.45) is 0 Å². The minimum atomic E-state index is -0.250. The van der Waals surface area contributed by atoms with Crippen LogP contribution in [0.5, 0.6) is 0 Å². The standard InChI is InChI=1S/C9H8ClN7OS/c1-2-16-8(18)14-15-9(16)19-6-3-5(10)13-7-11-4-12-17(6)7/h3-4H,2H2,1H3,(H,14,18). The molecule has 0 saturated carbocycles. The molecule has 0 unspecified atom stereocenters. The van der Waals surface area contributed by atoms with Crippen molar-refractivity contribution in [2.45, 2.75) is 23.7 Å². The Bertz CT molecular complexity index is 791. The van der Waals surface area contributed by atoms with E-state index in [1.54, 1.807) is 6.07 Å². The smallest absolute Gasteiger partial charge is 0.270 e. The van der Waals surface area contributed by atoms with Gasteiger partial charge in [-0.05, 0) is 18.7 Å². The number of aromatic amines is 1. The molecule has 8 nitrogen and oxygen atoms in total. The van der Waals surface area contributed by atoms with Gasteiger partial charge in [0.25, 0.3) is 5.78 Å². The maximum atomic E-state index is 11.5. The predicted molar refractivity (Wildman–Crippen MR) is 68.4 cm³/mol. The fourth-order valence-electron chi connectivity index (χ4n) is 1.58. The van der Waals surface area contributed by atoms with Crippen LogP contribution in [0.25, 0.3) is 5.78 Å². The van der Waals surface area contributed by atoms with E-state index in [-0.39, 0.29) is 5.69 Å². The summed E-state index contributed by atoms with van der Waals surface area (Å²) in [7, 11) is 0. The van der Waals surface area contributed by atoms with Crippen molar-refractivity contribution in [3.63, 3.8) is 0 Å². The summed E-state index contributed by atoms with van der Waals surface area (Å²) in [6.45, 7) is 2.39. The molecule has 0 fully saturated rings. The number of nitrogens with zero attached hydrogens (tertiary/aromatic N) is 6. The lowest BCUT2D eigenvalue weighted by Crippen LogP contribution is -2.16. The van der Waals surface area contributed by atoms with Crippen molar-refractivity contribution in [3.05, 3.63) is 28.0 Å². The second-order valence-electron chi connectivity index (χ2n) is 3.55. The van der Waals surface area contributed by atoms with Crippen molar-refractivity contribution < 1.29 is 0 Å². The Morgan fingerprint density at radius 1 is 1.53 bits per heavy atom. The van der Waals surface area contributed by atoms with Crippen molar-refractivity contribution in [1.29, 1.82) is 0 Å². The second kappa shape index (κ2) is 4.67. The minimum absolute atomic E-state index is 0.250. The van der Waals surface area contributed by atoms with Crippen molar-refractivity contribution >= 4 is 29.1 Å². The van der Waals surface area contributed by atoms with E-state index in [0.29, 0.717) is 27.7 Å². The SMILES string of the molecule is CCn1c(Sc2cc(Cl)nc3ncnn23)n[nH]c1=O. The molecule has 0 aromatic carbocycles. The average Bonchev–Trinajstić information content (AvgIpc) is 2.96. The molecule has 3 heterocycles. The Morgan fingerprint density at radius 3 is 3.16 bits per heavy atom. The normalized spacial score (nSPS) is 11.3. The predicted octanol–water partition coefficient (Wildman–Crippen LogP) is 0.834. The molecular weight excluding hydrogens is 290 g/mol. The van der Waals surface area contributed by atoms with Crippen molar-refractivity contribution in [2.75, 3.05) is 0 Å². The highest BCUT2D eigenvalue weighted by Gasteiger charge is 2.13. The number of hydrogen-bond acceptors (Lipinski definition) is 6. The molecule has 0 atom stereocenters. The molecule has 3 rings (SSSR count). The molecule has 0 spiro atoms. The maximum Gasteiger partial charge on any atom is 0.343 e. The maximum absolute atomic E-state index is 11.5. The molecule has 3 aromatic rings. The summed E-state index contributed by atoms with van der Waals surface area (Å²) in [4.78, 5) is 19.5. The highest BCUT2D eigenvalue weighted by Crippen LogP contribution is 2.26. The second-order valence-corrected chi connectivity index (χ2v) is 4.92. The molecule has 0 aliphatic carbocycles. The summed E-state index contributed by atoms with van der Waals surface area (Å²) >= 11 is 7.19. The van der Waals surface area contributed by atoms with Crippen LogP contribution in [0.15, 0.2) is 27.4 Å². The van der Waals surface area contributed by atoms with Gasteiger partial charge in [-0.15, -0.1) is 5.10 Å². The van der Waals surface area contributed by atoms with Crippen molar-refractivity contribution in [3.8, 4) is 0 Å². The molecule has 98 valence electrons. The van der Waals surface area contributed by atoms with Gasteiger partial charge in [0.15, 0.2) is 5.16 Å². The Balaban J connectivity index is 2.10. The van der Waals surface area contributed by atoms with Crippen LogP contribution in [0.2, 0.25) is 5.15 Å². The summed E-state index contributed by atoms with van der Waals surface area (Å²) in [5.74, 6) is 0.399. The van der Waals surface area contributed by atoms with Gasteiger partial charge in [0.1, 0.15) is 16.5 Å². The molecular formula is C9H8ClN7OS. The quantitative estimate of drug-likeness (QED) is 0.720. The molecule has 1 N–H and O–H groups in total. The van der Waals surface area contributed by atoms with Gasteiger partial charge in [-0.2, -0.15) is 19.6 Å². The zero-order valence-corrected chi connectivity index (χ0v) is 11.3. The van der Waals surface area contributed by atoms with Crippen LogP contribution in [0, 0.1) is 0 Å². The Kier molecular flexibility index (Phi) is 2.99. The minimum Gasteiger partial charge on any atom is -0.270 e. The Labute approximate surface area is 115 Å². The van der Waals surface area contributed by atoms with E-state index in [9.17, 15) is 4.79 Å². The summed E-state index contributed by atoms with van der Waals surface area (Å²) in [5, 5.41) is 12.0. The first-order valence-corrected chi connectivity index (χ1v) is 6.58. The molecule has 10 heteroatoms. The number of halogens is 1. The fourth-order valence-corrected chi connectivity index (χ4v) is 2.81. The number of hydrogen-bond donors (Lipinski definition) is 1. The topological polar surface area (TPSA) is 93.8 Å². The van der Waals surface area contributed by atoms with E-state index >= 15 is 0 Å². The largest absolute Gasteiger partial charge is 0.343 e. The molecule has 0 bridgehead atoms. The lowest BCUT2D eigenvalue weighted by molar-refractivity contribution is 0.659. The van der Waals surface area contributed by atoms with Gasteiger partial charge in [-0.1, -0.05) is 11.6 Å². The number of rotatable bonds is 3.